The van der Waals surface area contributed by atoms with Gasteiger partial charge in [0.05, 0.1) is 0 Å². The van der Waals surface area contributed by atoms with E-state index in [0.717, 1.165) is 0 Å². The van der Waals surface area contributed by atoms with Gasteiger partial charge in [-0.25, -0.2) is 0 Å². The molecule has 2 rings (SSSR count). The van der Waals surface area contributed by atoms with Crippen molar-refractivity contribution in [3.05, 3.63) is 0 Å². The van der Waals surface area contributed by atoms with E-state index in [1.165, 1.54) is 16.2 Å². The number of nitrogen functional groups attached to an aromatic ring is 1. The molecule has 0 saturated carbocycles. The fraction of sp³-hybridized carbons (Fsp3) is 0.571. The van der Waals surface area contributed by atoms with Crippen LogP contribution in [0.25, 0.3) is 0 Å². The zero-order valence-electron chi connectivity index (χ0n) is 7.38. The van der Waals surface area contributed by atoms with Gasteiger partial charge in [0.15, 0.2) is 0 Å². The first kappa shape index (κ1) is 9.35. The minimum Gasteiger partial charge on any atom is -0.396 e. The second kappa shape index (κ2) is 3.50. The summed E-state index contributed by atoms with van der Waals surface area (Å²) in [5.41, 5.74) is 5.42. The Balaban J connectivity index is 2.16. The van der Waals surface area contributed by atoms with Crippen molar-refractivity contribution < 1.29 is 9.90 Å². The molecule has 1 unspecified atom stereocenters. The van der Waals surface area contributed by atoms with Gasteiger partial charge in [-0.3, -0.25) is 9.69 Å². The molecule has 14 heavy (non-hydrogen) atoms. The zero-order valence-corrected chi connectivity index (χ0v) is 8.20. The Bertz CT molecular complexity index is 353. The van der Waals surface area contributed by atoms with Crippen LogP contribution in [0.4, 0.5) is 10.3 Å². The number of aliphatic hydroxyl groups is 1. The van der Waals surface area contributed by atoms with Crippen LogP contribution >= 0.6 is 11.3 Å². The van der Waals surface area contributed by atoms with Crippen molar-refractivity contribution in [1.29, 1.82) is 0 Å². The number of aliphatic hydroxyl groups excluding tert-OH is 1. The molecular weight excluding hydrogens is 204 g/mol. The van der Waals surface area contributed by atoms with Crippen LogP contribution in [0.1, 0.15) is 6.42 Å². The van der Waals surface area contributed by atoms with Crippen LogP contribution in [0, 0.1) is 5.92 Å². The maximum atomic E-state index is 11.5. The number of carbonyl (C=O) groups is 1. The number of anilines is 2. The lowest BCUT2D eigenvalue weighted by atomic mass is 10.1. The summed E-state index contributed by atoms with van der Waals surface area (Å²) in [4.78, 5) is 13.0. The topological polar surface area (TPSA) is 92.3 Å². The molecular formula is C7H10N4O2S. The van der Waals surface area contributed by atoms with Crippen LogP contribution in [0.2, 0.25) is 0 Å². The molecule has 1 aliphatic rings. The van der Waals surface area contributed by atoms with Gasteiger partial charge in [0.2, 0.25) is 16.2 Å². The Morgan fingerprint density at radius 1 is 1.64 bits per heavy atom. The van der Waals surface area contributed by atoms with Crippen molar-refractivity contribution in [3.8, 4) is 0 Å². The summed E-state index contributed by atoms with van der Waals surface area (Å²) in [6, 6.07) is 0. The lowest BCUT2D eigenvalue weighted by Gasteiger charge is -2.10. The molecule has 1 amide bonds. The number of nitrogens with two attached hydrogens (primary N) is 1. The van der Waals surface area contributed by atoms with Crippen molar-refractivity contribution in [3.63, 3.8) is 0 Å². The summed E-state index contributed by atoms with van der Waals surface area (Å²) >= 11 is 1.18. The highest BCUT2D eigenvalue weighted by Crippen LogP contribution is 2.28. The molecule has 1 aromatic rings. The van der Waals surface area contributed by atoms with Gasteiger partial charge >= 0.3 is 0 Å². The predicted molar refractivity (Wildman–Crippen MR) is 51.9 cm³/mol. The molecule has 0 aliphatic carbocycles. The predicted octanol–water partition coefficient (Wildman–Crippen LogP) is -0.535. The van der Waals surface area contributed by atoms with Crippen LogP contribution < -0.4 is 10.6 Å². The maximum absolute atomic E-state index is 11.5. The van der Waals surface area contributed by atoms with E-state index in [-0.39, 0.29) is 18.4 Å². The largest absolute Gasteiger partial charge is 0.396 e. The van der Waals surface area contributed by atoms with Gasteiger partial charge in [-0.1, -0.05) is 11.3 Å². The lowest BCUT2D eigenvalue weighted by Crippen LogP contribution is -2.24. The first-order valence-corrected chi connectivity index (χ1v) is 5.02. The van der Waals surface area contributed by atoms with Crippen molar-refractivity contribution in [1.82, 2.24) is 10.2 Å². The molecule has 0 spiro atoms. The molecule has 1 fully saturated rings. The summed E-state index contributed by atoms with van der Waals surface area (Å²) < 4.78 is 0. The Morgan fingerprint density at radius 3 is 2.93 bits per heavy atom. The molecule has 1 aliphatic heterocycles. The van der Waals surface area contributed by atoms with E-state index < -0.39 is 0 Å². The SMILES string of the molecule is Nc1nnc(N2CC(CO)CC2=O)s1. The summed E-state index contributed by atoms with van der Waals surface area (Å²) in [6.45, 7) is 0.528. The van der Waals surface area contributed by atoms with E-state index in [2.05, 4.69) is 10.2 Å². The molecule has 7 heteroatoms. The Kier molecular flexibility index (Phi) is 2.34. The van der Waals surface area contributed by atoms with Crippen molar-refractivity contribution in [2.45, 2.75) is 6.42 Å². The molecule has 0 aromatic carbocycles. The van der Waals surface area contributed by atoms with E-state index in [1.807, 2.05) is 0 Å². The van der Waals surface area contributed by atoms with Crippen molar-refractivity contribution in [2.75, 3.05) is 23.8 Å². The van der Waals surface area contributed by atoms with Gasteiger partial charge in [-0.15, -0.1) is 10.2 Å². The molecule has 1 saturated heterocycles. The highest BCUT2D eigenvalue weighted by Gasteiger charge is 2.31. The third-order valence-corrected chi connectivity index (χ3v) is 2.90. The van der Waals surface area contributed by atoms with Gasteiger partial charge in [-0.05, 0) is 0 Å². The average Bonchev–Trinajstić information content (AvgIpc) is 2.71. The number of carbonyl (C=O) groups excluding carboxylic acids is 1. The van der Waals surface area contributed by atoms with Gasteiger partial charge < -0.3 is 10.8 Å². The van der Waals surface area contributed by atoms with Gasteiger partial charge in [0.1, 0.15) is 0 Å². The third-order valence-electron chi connectivity index (χ3n) is 2.12. The number of amides is 1. The minimum absolute atomic E-state index is 0.00706. The average molecular weight is 214 g/mol. The van der Waals surface area contributed by atoms with Crippen LogP contribution in [0.3, 0.4) is 0 Å². The number of hydrogen-bond acceptors (Lipinski definition) is 6. The first-order chi connectivity index (χ1) is 6.70. The molecule has 0 bridgehead atoms. The smallest absolute Gasteiger partial charge is 0.229 e. The number of rotatable bonds is 2. The molecule has 3 N–H and O–H groups in total. The van der Waals surface area contributed by atoms with E-state index >= 15 is 0 Å². The zero-order chi connectivity index (χ0) is 10.1. The van der Waals surface area contributed by atoms with Gasteiger partial charge in [0.25, 0.3) is 0 Å². The second-order valence-corrected chi connectivity index (χ2v) is 4.17. The molecule has 2 heterocycles. The van der Waals surface area contributed by atoms with E-state index in [0.29, 0.717) is 23.2 Å². The molecule has 1 aromatic heterocycles. The standard InChI is InChI=1S/C7H10N4O2S/c8-6-9-10-7(14-6)11-2-4(3-12)1-5(11)13/h4,12H,1-3H2,(H2,8,9). The van der Waals surface area contributed by atoms with Crippen LogP contribution in [-0.2, 0) is 4.79 Å². The maximum Gasteiger partial charge on any atom is 0.229 e. The van der Waals surface area contributed by atoms with E-state index in [4.69, 9.17) is 10.8 Å². The third kappa shape index (κ3) is 1.55. The Morgan fingerprint density at radius 2 is 2.43 bits per heavy atom. The Labute approximate surface area is 84.4 Å². The number of nitrogens with zero attached hydrogens (tertiary/aromatic N) is 3. The summed E-state index contributed by atoms with van der Waals surface area (Å²) in [6.07, 6.45) is 0.371. The molecule has 6 nitrogen and oxygen atoms in total. The van der Waals surface area contributed by atoms with E-state index in [9.17, 15) is 4.79 Å². The summed E-state index contributed by atoms with van der Waals surface area (Å²) in [7, 11) is 0. The van der Waals surface area contributed by atoms with Gasteiger partial charge in [-0.2, -0.15) is 0 Å². The Hall–Kier alpha value is -1.21. The molecule has 1 atom stereocenters. The van der Waals surface area contributed by atoms with Crippen LogP contribution in [0.15, 0.2) is 0 Å². The first-order valence-electron chi connectivity index (χ1n) is 4.21. The molecule has 0 radical (unpaired) electrons. The summed E-state index contributed by atoms with van der Waals surface area (Å²) in [5, 5.41) is 17.2. The molecule has 76 valence electrons. The van der Waals surface area contributed by atoms with E-state index in [1.54, 1.807) is 0 Å². The van der Waals surface area contributed by atoms with Crippen molar-refractivity contribution >= 4 is 27.5 Å². The van der Waals surface area contributed by atoms with Gasteiger partial charge in [0, 0.05) is 25.5 Å². The van der Waals surface area contributed by atoms with Crippen LogP contribution in [0.5, 0.6) is 0 Å². The fourth-order valence-corrected chi connectivity index (χ4v) is 2.06. The number of aromatic nitrogens is 2. The lowest BCUT2D eigenvalue weighted by molar-refractivity contribution is -0.117. The minimum atomic E-state index is -0.0276. The second-order valence-electron chi connectivity index (χ2n) is 3.18. The van der Waals surface area contributed by atoms with Crippen molar-refractivity contribution in [2.24, 2.45) is 5.92 Å². The normalized spacial score (nSPS) is 21.9. The number of hydrogen-bond donors (Lipinski definition) is 2. The summed E-state index contributed by atoms with van der Waals surface area (Å²) in [5.74, 6) is -0.0205. The highest BCUT2D eigenvalue weighted by atomic mass is 32.1. The highest BCUT2D eigenvalue weighted by molar-refractivity contribution is 7.19. The monoisotopic (exact) mass is 214 g/mol. The fourth-order valence-electron chi connectivity index (χ4n) is 1.42. The quantitative estimate of drug-likeness (QED) is 0.690. The van der Waals surface area contributed by atoms with Crippen LogP contribution in [-0.4, -0.2) is 34.4 Å².